The maximum Gasteiger partial charge on any atom is 0.324 e. The van der Waals surface area contributed by atoms with Crippen molar-refractivity contribution in [3.63, 3.8) is 0 Å². The molecule has 2 atom stereocenters. The largest absolute Gasteiger partial charge is 0.333 e. The summed E-state index contributed by atoms with van der Waals surface area (Å²) in [7, 11) is 0. The number of aryl methyl sites for hydroxylation is 1. The quantitative estimate of drug-likeness (QED) is 0.183. The van der Waals surface area contributed by atoms with Crippen LogP contribution in [-0.4, -0.2) is 38.7 Å². The first kappa shape index (κ1) is 31.9. The Morgan fingerprint density at radius 2 is 1.60 bits per heavy atom. The van der Waals surface area contributed by atoms with E-state index in [4.69, 9.17) is 5.10 Å². The van der Waals surface area contributed by atoms with E-state index in [-0.39, 0.29) is 29.4 Å². The van der Waals surface area contributed by atoms with E-state index in [1.165, 1.54) is 10.4 Å². The molecule has 5 aromatic rings. The highest BCUT2D eigenvalue weighted by atomic mass is 32.1. The smallest absolute Gasteiger partial charge is 0.324 e. The van der Waals surface area contributed by atoms with Crippen LogP contribution in [0.5, 0.6) is 0 Å². The number of aromatic nitrogens is 2. The summed E-state index contributed by atoms with van der Waals surface area (Å²) < 4.78 is 1.79. The summed E-state index contributed by atoms with van der Waals surface area (Å²) in [6, 6.07) is 30.7. The third-order valence-electron chi connectivity index (χ3n) is 9.71. The minimum atomic E-state index is -0.311. The van der Waals surface area contributed by atoms with E-state index in [1.54, 1.807) is 16.0 Å². The zero-order valence-corrected chi connectivity index (χ0v) is 28.9. The van der Waals surface area contributed by atoms with E-state index in [0.717, 1.165) is 65.9 Å². The summed E-state index contributed by atoms with van der Waals surface area (Å²) in [4.78, 5) is 30.3. The van der Waals surface area contributed by atoms with Crippen molar-refractivity contribution in [3.8, 4) is 16.1 Å². The molecule has 246 valence electrons. The van der Waals surface area contributed by atoms with Gasteiger partial charge < -0.3 is 10.2 Å². The van der Waals surface area contributed by atoms with Crippen LogP contribution in [0, 0.1) is 12.8 Å². The van der Waals surface area contributed by atoms with Gasteiger partial charge in [-0.05, 0) is 104 Å². The number of nitrogens with zero attached hydrogens (tertiary/aromatic N) is 3. The lowest BCUT2D eigenvalue weighted by atomic mass is 9.85. The first-order valence-electron chi connectivity index (χ1n) is 16.9. The molecule has 8 heteroatoms. The second-order valence-electron chi connectivity index (χ2n) is 14.4. The molecule has 4 heterocycles. The number of hydrogen-bond donors (Lipinski definition) is 2. The van der Waals surface area contributed by atoms with Gasteiger partial charge in [0.25, 0.3) is 5.91 Å². The Balaban J connectivity index is 0.986. The van der Waals surface area contributed by atoms with Crippen molar-refractivity contribution in [2.75, 3.05) is 10.6 Å². The molecule has 2 saturated heterocycles. The number of fused-ring (bicyclic) bond motifs is 2. The normalized spacial score (nSPS) is 18.9. The van der Waals surface area contributed by atoms with Gasteiger partial charge in [0.1, 0.15) is 5.82 Å². The van der Waals surface area contributed by atoms with Crippen molar-refractivity contribution in [3.05, 3.63) is 119 Å². The molecule has 3 aromatic carbocycles. The topological polar surface area (TPSA) is 79.3 Å². The predicted molar refractivity (Wildman–Crippen MR) is 195 cm³/mol. The third-order valence-corrected chi connectivity index (χ3v) is 10.6. The van der Waals surface area contributed by atoms with Gasteiger partial charge >= 0.3 is 6.03 Å². The molecular weight excluding hydrogens is 615 g/mol. The summed E-state index contributed by atoms with van der Waals surface area (Å²) >= 11 is 1.71. The Morgan fingerprint density at radius 3 is 2.27 bits per heavy atom. The Bertz CT molecular complexity index is 1890. The maximum atomic E-state index is 13.6. The predicted octanol–water partition coefficient (Wildman–Crippen LogP) is 9.48. The van der Waals surface area contributed by atoms with Crippen LogP contribution in [0.2, 0.25) is 0 Å². The molecule has 7 nitrogen and oxygen atoms in total. The third kappa shape index (κ3) is 6.81. The van der Waals surface area contributed by atoms with Crippen LogP contribution in [0.15, 0.2) is 96.4 Å². The number of carbonyl (C=O) groups is 2. The average Bonchev–Trinajstić information content (AvgIpc) is 3.80. The van der Waals surface area contributed by atoms with Crippen LogP contribution in [0.25, 0.3) is 16.1 Å². The van der Waals surface area contributed by atoms with Gasteiger partial charge in [-0.25, -0.2) is 9.48 Å². The number of carbonyl (C=O) groups excluding carboxylic acids is 2. The second-order valence-corrected chi connectivity index (χ2v) is 15.3. The lowest BCUT2D eigenvalue weighted by Gasteiger charge is -2.39. The first-order valence-corrected chi connectivity index (χ1v) is 17.8. The molecular formula is C40H43N5O2S. The summed E-state index contributed by atoms with van der Waals surface area (Å²) in [6.45, 7) is 8.39. The van der Waals surface area contributed by atoms with Crippen molar-refractivity contribution in [2.24, 2.45) is 5.92 Å². The molecule has 0 radical (unpaired) electrons. The van der Waals surface area contributed by atoms with Crippen molar-refractivity contribution < 1.29 is 9.59 Å². The van der Waals surface area contributed by atoms with Crippen molar-refractivity contribution in [2.45, 2.75) is 77.3 Å². The monoisotopic (exact) mass is 657 g/mol. The lowest BCUT2D eigenvalue weighted by molar-refractivity contribution is 0.0524. The van der Waals surface area contributed by atoms with Gasteiger partial charge in [-0.3, -0.25) is 10.1 Å². The van der Waals surface area contributed by atoms with E-state index >= 15 is 0 Å². The number of rotatable bonds is 7. The number of anilines is 2. The zero-order chi connectivity index (χ0) is 33.4. The summed E-state index contributed by atoms with van der Waals surface area (Å²) in [5.74, 6) is 1.28. The molecule has 0 aliphatic carbocycles. The minimum absolute atomic E-state index is 0.161. The van der Waals surface area contributed by atoms with Crippen LogP contribution >= 0.6 is 11.3 Å². The average molecular weight is 658 g/mol. The van der Waals surface area contributed by atoms with Crippen LogP contribution in [0.3, 0.4) is 0 Å². The maximum absolute atomic E-state index is 13.6. The number of amides is 3. The fourth-order valence-corrected chi connectivity index (χ4v) is 8.00. The molecule has 2 bridgehead atoms. The summed E-state index contributed by atoms with van der Waals surface area (Å²) in [5.41, 5.74) is 6.66. The van der Waals surface area contributed by atoms with Crippen LogP contribution in [0.4, 0.5) is 16.3 Å². The molecule has 0 saturated carbocycles. The number of thiophene rings is 1. The van der Waals surface area contributed by atoms with Crippen molar-refractivity contribution >= 4 is 34.8 Å². The Kier molecular flexibility index (Phi) is 8.69. The van der Waals surface area contributed by atoms with Gasteiger partial charge in [0.2, 0.25) is 0 Å². The van der Waals surface area contributed by atoms with Crippen molar-refractivity contribution in [1.29, 1.82) is 0 Å². The Hall–Kier alpha value is -4.69. The van der Waals surface area contributed by atoms with Gasteiger partial charge in [0.15, 0.2) is 0 Å². The SMILES string of the molecule is Cc1ccc(-n2nc(C(C)(C)C)cc2NC(=O)Nc2cccc(CC3CC4CCC(C3)N4C(=O)c3ccc(-c4cccs4)cc3)c2)cc1. The van der Waals surface area contributed by atoms with Gasteiger partial charge in [-0.15, -0.1) is 11.3 Å². The highest BCUT2D eigenvalue weighted by Crippen LogP contribution is 2.41. The zero-order valence-electron chi connectivity index (χ0n) is 28.1. The van der Waals surface area contributed by atoms with E-state index in [9.17, 15) is 9.59 Å². The number of urea groups is 1. The first-order chi connectivity index (χ1) is 23.1. The number of nitrogens with one attached hydrogen (secondary N) is 2. The molecule has 2 N–H and O–H groups in total. The van der Waals surface area contributed by atoms with Crippen LogP contribution < -0.4 is 10.6 Å². The van der Waals surface area contributed by atoms with Gasteiger partial charge in [0, 0.05) is 39.7 Å². The molecule has 2 fully saturated rings. The van der Waals surface area contributed by atoms with Gasteiger partial charge in [0.05, 0.1) is 11.4 Å². The molecule has 2 aliphatic rings. The lowest BCUT2D eigenvalue weighted by Crippen LogP contribution is -2.46. The number of hydrogen-bond acceptors (Lipinski definition) is 4. The molecule has 3 amide bonds. The fraction of sp³-hybridized carbons (Fsp3) is 0.325. The molecule has 2 unspecified atom stereocenters. The second kappa shape index (κ2) is 13.1. The molecule has 0 spiro atoms. The molecule has 2 aliphatic heterocycles. The molecule has 48 heavy (non-hydrogen) atoms. The van der Waals surface area contributed by atoms with Crippen molar-refractivity contribution in [1.82, 2.24) is 14.7 Å². The van der Waals surface area contributed by atoms with E-state index in [2.05, 4.69) is 85.0 Å². The minimum Gasteiger partial charge on any atom is -0.333 e. The van der Waals surface area contributed by atoms with E-state index in [0.29, 0.717) is 11.7 Å². The van der Waals surface area contributed by atoms with Crippen LogP contribution in [0.1, 0.15) is 73.6 Å². The summed E-state index contributed by atoms with van der Waals surface area (Å²) in [6.07, 6.45) is 5.08. The Morgan fingerprint density at radius 1 is 0.875 bits per heavy atom. The standard InChI is InChI=1S/C40H43N5O2S/c1-26-10-16-32(17-11-26)45-37(25-36(43-45)40(2,3)4)42-39(47)41-31-8-5-7-27(22-31)21-28-23-33-18-19-34(24-28)44(33)38(46)30-14-12-29(13-15-30)35-9-6-20-48-35/h5-17,20,22,25,28,33-34H,18-19,21,23-24H2,1-4H3,(H2,41,42,47). The van der Waals surface area contributed by atoms with Gasteiger partial charge in [-0.2, -0.15) is 5.10 Å². The van der Waals surface area contributed by atoms with E-state index < -0.39 is 0 Å². The number of piperidine rings is 1. The van der Waals surface area contributed by atoms with E-state index in [1.807, 2.05) is 54.6 Å². The van der Waals surface area contributed by atoms with Gasteiger partial charge in [-0.1, -0.05) is 68.8 Å². The molecule has 7 rings (SSSR count). The highest BCUT2D eigenvalue weighted by molar-refractivity contribution is 7.13. The van der Waals surface area contributed by atoms with Crippen LogP contribution in [-0.2, 0) is 11.8 Å². The fourth-order valence-electron chi connectivity index (χ4n) is 7.26. The Labute approximate surface area is 287 Å². The molecule has 2 aromatic heterocycles. The number of benzene rings is 3. The highest BCUT2D eigenvalue weighted by Gasteiger charge is 2.43. The summed E-state index contributed by atoms with van der Waals surface area (Å²) in [5, 5.41) is 13.0.